The van der Waals surface area contributed by atoms with Gasteiger partial charge in [-0.15, -0.1) is 0 Å². The van der Waals surface area contributed by atoms with E-state index in [1.807, 2.05) is 42.5 Å². The van der Waals surface area contributed by atoms with Crippen LogP contribution in [0.15, 0.2) is 71.1 Å². The van der Waals surface area contributed by atoms with Gasteiger partial charge in [0, 0.05) is 16.5 Å². The Bertz CT molecular complexity index is 1100. The summed E-state index contributed by atoms with van der Waals surface area (Å²) in [5, 5.41) is 7.75. The van der Waals surface area contributed by atoms with Crippen molar-refractivity contribution in [2.75, 3.05) is 10.6 Å². The third-order valence-electron chi connectivity index (χ3n) is 4.28. The zero-order chi connectivity index (χ0) is 18.1. The molecule has 0 saturated heterocycles. The smallest absolute Gasteiger partial charge is 0.246 e. The normalized spacial score (nSPS) is 12.2. The van der Waals surface area contributed by atoms with E-state index in [0.717, 1.165) is 27.6 Å². The lowest BCUT2D eigenvalue weighted by Crippen LogP contribution is -2.32. The molecule has 0 aliphatic carbocycles. The Labute approximate surface area is 149 Å². The fourth-order valence-corrected chi connectivity index (χ4v) is 2.93. The van der Waals surface area contributed by atoms with E-state index in [0.29, 0.717) is 0 Å². The molecule has 130 valence electrons. The van der Waals surface area contributed by atoms with Crippen molar-refractivity contribution >= 4 is 39.2 Å². The predicted octanol–water partition coefficient (Wildman–Crippen LogP) is 5.16. The van der Waals surface area contributed by atoms with E-state index in [1.54, 1.807) is 19.1 Å². The van der Waals surface area contributed by atoms with E-state index in [9.17, 15) is 9.18 Å². The summed E-state index contributed by atoms with van der Waals surface area (Å²) in [4.78, 5) is 12.3. The highest BCUT2D eigenvalue weighted by Crippen LogP contribution is 2.30. The van der Waals surface area contributed by atoms with Gasteiger partial charge in [0.2, 0.25) is 5.91 Å². The standard InChI is InChI=1S/C21H17FN2O2/c1-13(21(25)24-18-8-4-3-7-17(18)22)23-14-10-11-20-16(12-14)15-6-2-5-9-19(15)26-20/h2-13,23H,1H3,(H,24,25)/t13-/m0/s1. The summed E-state index contributed by atoms with van der Waals surface area (Å²) < 4.78 is 19.5. The zero-order valence-corrected chi connectivity index (χ0v) is 14.1. The molecule has 0 fully saturated rings. The van der Waals surface area contributed by atoms with Gasteiger partial charge < -0.3 is 15.1 Å². The number of furan rings is 1. The number of hydrogen-bond acceptors (Lipinski definition) is 3. The summed E-state index contributed by atoms with van der Waals surface area (Å²) in [6.07, 6.45) is 0. The SMILES string of the molecule is C[C@H](Nc1ccc2oc3ccccc3c2c1)C(=O)Nc1ccccc1F. The van der Waals surface area contributed by atoms with Crippen molar-refractivity contribution in [3.63, 3.8) is 0 Å². The number of anilines is 2. The number of benzene rings is 3. The van der Waals surface area contributed by atoms with Crippen LogP contribution in [0.3, 0.4) is 0 Å². The van der Waals surface area contributed by atoms with Crippen LogP contribution in [-0.2, 0) is 4.79 Å². The fraction of sp³-hybridized carbons (Fsp3) is 0.0952. The van der Waals surface area contributed by atoms with E-state index < -0.39 is 11.9 Å². The van der Waals surface area contributed by atoms with Crippen molar-refractivity contribution in [1.29, 1.82) is 0 Å². The first-order valence-electron chi connectivity index (χ1n) is 8.35. The second kappa shape index (κ2) is 6.52. The van der Waals surface area contributed by atoms with Crippen LogP contribution in [0.25, 0.3) is 21.9 Å². The van der Waals surface area contributed by atoms with Gasteiger partial charge in [-0.25, -0.2) is 4.39 Å². The molecule has 0 spiro atoms. The maximum Gasteiger partial charge on any atom is 0.246 e. The number of carbonyl (C=O) groups excluding carboxylic acids is 1. The van der Waals surface area contributed by atoms with E-state index in [4.69, 9.17) is 4.42 Å². The number of para-hydroxylation sites is 2. The van der Waals surface area contributed by atoms with Crippen LogP contribution in [0, 0.1) is 5.82 Å². The van der Waals surface area contributed by atoms with Gasteiger partial charge in [0.25, 0.3) is 0 Å². The molecule has 0 saturated carbocycles. The molecule has 4 aromatic rings. The van der Waals surface area contributed by atoms with E-state index in [1.165, 1.54) is 12.1 Å². The highest BCUT2D eigenvalue weighted by atomic mass is 19.1. The first kappa shape index (κ1) is 16.1. The second-order valence-electron chi connectivity index (χ2n) is 6.14. The number of carbonyl (C=O) groups is 1. The van der Waals surface area contributed by atoms with Gasteiger partial charge in [0.15, 0.2) is 0 Å². The van der Waals surface area contributed by atoms with Gasteiger partial charge in [0.1, 0.15) is 23.0 Å². The van der Waals surface area contributed by atoms with Crippen molar-refractivity contribution in [1.82, 2.24) is 0 Å². The summed E-state index contributed by atoms with van der Waals surface area (Å²) in [5.41, 5.74) is 2.58. The number of amides is 1. The Balaban J connectivity index is 1.55. The van der Waals surface area contributed by atoms with Gasteiger partial charge in [-0.1, -0.05) is 30.3 Å². The number of rotatable bonds is 4. The lowest BCUT2D eigenvalue weighted by Gasteiger charge is -2.15. The topological polar surface area (TPSA) is 54.3 Å². The summed E-state index contributed by atoms with van der Waals surface area (Å²) in [7, 11) is 0. The highest BCUT2D eigenvalue weighted by Gasteiger charge is 2.15. The maximum absolute atomic E-state index is 13.7. The highest BCUT2D eigenvalue weighted by molar-refractivity contribution is 6.06. The Kier molecular flexibility index (Phi) is 4.05. The number of hydrogen-bond donors (Lipinski definition) is 2. The van der Waals surface area contributed by atoms with Crippen LogP contribution < -0.4 is 10.6 Å². The van der Waals surface area contributed by atoms with Crippen molar-refractivity contribution in [3.05, 3.63) is 72.5 Å². The zero-order valence-electron chi connectivity index (χ0n) is 14.1. The van der Waals surface area contributed by atoms with Crippen molar-refractivity contribution < 1.29 is 13.6 Å². The number of fused-ring (bicyclic) bond motifs is 3. The molecule has 3 aromatic carbocycles. The molecule has 1 heterocycles. The molecule has 1 amide bonds. The second-order valence-corrected chi connectivity index (χ2v) is 6.14. The van der Waals surface area contributed by atoms with Gasteiger partial charge >= 0.3 is 0 Å². The molecule has 4 nitrogen and oxygen atoms in total. The van der Waals surface area contributed by atoms with Gasteiger partial charge in [-0.3, -0.25) is 4.79 Å². The molecule has 0 radical (unpaired) electrons. The largest absolute Gasteiger partial charge is 0.456 e. The number of halogens is 1. The van der Waals surface area contributed by atoms with Crippen molar-refractivity contribution in [2.24, 2.45) is 0 Å². The van der Waals surface area contributed by atoms with Crippen LogP contribution in [0.5, 0.6) is 0 Å². The minimum absolute atomic E-state index is 0.169. The molecule has 1 aromatic heterocycles. The predicted molar refractivity (Wildman–Crippen MR) is 102 cm³/mol. The average molecular weight is 348 g/mol. The lowest BCUT2D eigenvalue weighted by atomic mass is 10.1. The monoisotopic (exact) mass is 348 g/mol. The van der Waals surface area contributed by atoms with E-state index in [2.05, 4.69) is 10.6 Å². The third kappa shape index (κ3) is 2.99. The summed E-state index contributed by atoms with van der Waals surface area (Å²) >= 11 is 0. The van der Waals surface area contributed by atoms with Crippen LogP contribution in [0.2, 0.25) is 0 Å². The van der Waals surface area contributed by atoms with Gasteiger partial charge in [-0.05, 0) is 43.3 Å². The Morgan fingerprint density at radius 2 is 1.69 bits per heavy atom. The minimum Gasteiger partial charge on any atom is -0.456 e. The van der Waals surface area contributed by atoms with Crippen LogP contribution in [0.4, 0.5) is 15.8 Å². The lowest BCUT2D eigenvalue weighted by molar-refractivity contribution is -0.116. The molecular weight excluding hydrogens is 331 g/mol. The van der Waals surface area contributed by atoms with Crippen LogP contribution in [-0.4, -0.2) is 11.9 Å². The fourth-order valence-electron chi connectivity index (χ4n) is 2.93. The van der Waals surface area contributed by atoms with Gasteiger partial charge in [-0.2, -0.15) is 0 Å². The molecule has 1 atom stereocenters. The molecule has 0 unspecified atom stereocenters. The molecule has 0 aliphatic heterocycles. The number of nitrogens with one attached hydrogen (secondary N) is 2. The molecule has 4 rings (SSSR count). The van der Waals surface area contributed by atoms with Crippen molar-refractivity contribution in [2.45, 2.75) is 13.0 Å². The minimum atomic E-state index is -0.537. The average Bonchev–Trinajstić information content (AvgIpc) is 3.01. The molecule has 26 heavy (non-hydrogen) atoms. The molecule has 0 bridgehead atoms. The van der Waals surface area contributed by atoms with Crippen LogP contribution in [0.1, 0.15) is 6.92 Å². The maximum atomic E-state index is 13.7. The summed E-state index contributed by atoms with van der Waals surface area (Å²) in [5.74, 6) is -0.772. The first-order valence-corrected chi connectivity index (χ1v) is 8.35. The van der Waals surface area contributed by atoms with E-state index in [-0.39, 0.29) is 11.6 Å². The first-order chi connectivity index (χ1) is 12.6. The Hall–Kier alpha value is -3.34. The summed E-state index contributed by atoms with van der Waals surface area (Å²) in [6.45, 7) is 1.73. The Morgan fingerprint density at radius 3 is 2.54 bits per heavy atom. The third-order valence-corrected chi connectivity index (χ3v) is 4.28. The quantitative estimate of drug-likeness (QED) is 0.535. The van der Waals surface area contributed by atoms with Crippen LogP contribution >= 0.6 is 0 Å². The van der Waals surface area contributed by atoms with E-state index >= 15 is 0 Å². The molecular formula is C21H17FN2O2. The Morgan fingerprint density at radius 1 is 0.962 bits per heavy atom. The summed E-state index contributed by atoms with van der Waals surface area (Å²) in [6, 6.07) is 19.1. The molecule has 5 heteroatoms. The molecule has 0 aliphatic rings. The molecule has 2 N–H and O–H groups in total. The van der Waals surface area contributed by atoms with Crippen molar-refractivity contribution in [3.8, 4) is 0 Å². The van der Waals surface area contributed by atoms with Gasteiger partial charge in [0.05, 0.1) is 5.69 Å².